The summed E-state index contributed by atoms with van der Waals surface area (Å²) in [4.78, 5) is 19.6. The molecule has 0 saturated carbocycles. The second kappa shape index (κ2) is 5.46. The van der Waals surface area contributed by atoms with Gasteiger partial charge in [-0.2, -0.15) is 0 Å². The van der Waals surface area contributed by atoms with Crippen LogP contribution in [0.3, 0.4) is 0 Å². The lowest BCUT2D eigenvalue weighted by Crippen LogP contribution is -2.14. The van der Waals surface area contributed by atoms with Gasteiger partial charge in [0.1, 0.15) is 10.8 Å². The minimum Gasteiger partial charge on any atom is -0.321 e. The van der Waals surface area contributed by atoms with Crippen LogP contribution in [-0.4, -0.2) is 15.9 Å². The highest BCUT2D eigenvalue weighted by atomic mass is 79.9. The highest BCUT2D eigenvalue weighted by molar-refractivity contribution is 9.10. The molecular formula is C12H9BrClN3O. The molecule has 0 fully saturated rings. The first-order valence-electron chi connectivity index (χ1n) is 5.11. The fourth-order valence-electron chi connectivity index (χ4n) is 1.37. The number of hydrogen-bond donors (Lipinski definition) is 1. The Morgan fingerprint density at radius 2 is 2.17 bits per heavy atom. The summed E-state index contributed by atoms with van der Waals surface area (Å²) < 4.78 is 0.989. The molecule has 6 heteroatoms. The monoisotopic (exact) mass is 325 g/mol. The summed E-state index contributed by atoms with van der Waals surface area (Å²) in [5, 5.41) is 2.92. The van der Waals surface area contributed by atoms with E-state index in [1.165, 1.54) is 12.4 Å². The van der Waals surface area contributed by atoms with Gasteiger partial charge in [-0.15, -0.1) is 0 Å². The Morgan fingerprint density at radius 1 is 1.39 bits per heavy atom. The van der Waals surface area contributed by atoms with E-state index in [0.717, 1.165) is 10.0 Å². The summed E-state index contributed by atoms with van der Waals surface area (Å²) in [6.07, 6.45) is 2.75. The zero-order valence-electron chi connectivity index (χ0n) is 9.45. The molecule has 4 nitrogen and oxygen atoms in total. The van der Waals surface area contributed by atoms with Gasteiger partial charge in [0, 0.05) is 10.2 Å². The molecule has 0 aliphatic heterocycles. The average molecular weight is 327 g/mol. The summed E-state index contributed by atoms with van der Waals surface area (Å²) in [5.74, 6) is -0.341. The summed E-state index contributed by atoms with van der Waals surface area (Å²) in [6.45, 7) is 1.94. The predicted octanol–water partition coefficient (Wildman–Crippen LogP) is 3.45. The lowest BCUT2D eigenvalue weighted by molar-refractivity contribution is 0.102. The largest absolute Gasteiger partial charge is 0.321 e. The van der Waals surface area contributed by atoms with Crippen LogP contribution in [-0.2, 0) is 0 Å². The molecule has 1 aromatic heterocycles. The molecule has 1 heterocycles. The molecule has 1 aromatic carbocycles. The Bertz CT molecular complexity index is 604. The van der Waals surface area contributed by atoms with Gasteiger partial charge in [0.05, 0.1) is 12.4 Å². The first-order chi connectivity index (χ1) is 8.56. The number of hydrogen-bond acceptors (Lipinski definition) is 3. The van der Waals surface area contributed by atoms with Gasteiger partial charge in [-0.25, -0.2) is 4.98 Å². The van der Waals surface area contributed by atoms with Crippen molar-refractivity contribution in [1.82, 2.24) is 9.97 Å². The SMILES string of the molecule is Cc1cc(NC(=O)c2cncc(Cl)n2)ccc1Br. The van der Waals surface area contributed by atoms with E-state index >= 15 is 0 Å². The highest BCUT2D eigenvalue weighted by Gasteiger charge is 2.09. The third-order valence-corrected chi connectivity index (χ3v) is 3.33. The highest BCUT2D eigenvalue weighted by Crippen LogP contribution is 2.20. The number of amides is 1. The summed E-state index contributed by atoms with van der Waals surface area (Å²) in [6, 6.07) is 5.53. The van der Waals surface area contributed by atoms with Gasteiger partial charge >= 0.3 is 0 Å². The van der Waals surface area contributed by atoms with E-state index in [0.29, 0.717) is 5.69 Å². The summed E-state index contributed by atoms with van der Waals surface area (Å²) in [7, 11) is 0. The smallest absolute Gasteiger partial charge is 0.275 e. The van der Waals surface area contributed by atoms with Crippen LogP contribution in [0.4, 0.5) is 5.69 Å². The third kappa shape index (κ3) is 3.05. The van der Waals surface area contributed by atoms with Crippen LogP contribution in [0.2, 0.25) is 5.15 Å². The maximum Gasteiger partial charge on any atom is 0.275 e. The number of carbonyl (C=O) groups excluding carboxylic acids is 1. The molecule has 18 heavy (non-hydrogen) atoms. The molecule has 0 saturated heterocycles. The van der Waals surface area contributed by atoms with E-state index in [4.69, 9.17) is 11.6 Å². The van der Waals surface area contributed by atoms with E-state index in [9.17, 15) is 4.79 Å². The Hall–Kier alpha value is -1.46. The van der Waals surface area contributed by atoms with Crippen molar-refractivity contribution in [3.8, 4) is 0 Å². The molecule has 0 radical (unpaired) electrons. The van der Waals surface area contributed by atoms with E-state index in [1.54, 1.807) is 6.07 Å². The number of rotatable bonds is 2. The van der Waals surface area contributed by atoms with Crippen molar-refractivity contribution >= 4 is 39.1 Å². The van der Waals surface area contributed by atoms with E-state index in [1.807, 2.05) is 19.1 Å². The number of nitrogens with zero attached hydrogens (tertiary/aromatic N) is 2. The van der Waals surface area contributed by atoms with Crippen LogP contribution in [0, 0.1) is 6.92 Å². The Balaban J connectivity index is 2.18. The molecule has 0 atom stereocenters. The number of halogens is 2. The van der Waals surface area contributed by atoms with Gasteiger partial charge < -0.3 is 5.32 Å². The summed E-state index contributed by atoms with van der Waals surface area (Å²) in [5.41, 5.74) is 1.91. The van der Waals surface area contributed by atoms with Crippen LogP contribution in [0.5, 0.6) is 0 Å². The fourth-order valence-corrected chi connectivity index (χ4v) is 1.76. The zero-order chi connectivity index (χ0) is 13.1. The van der Waals surface area contributed by atoms with Gasteiger partial charge in [0.2, 0.25) is 0 Å². The lowest BCUT2D eigenvalue weighted by Gasteiger charge is -2.06. The normalized spacial score (nSPS) is 10.2. The topological polar surface area (TPSA) is 54.9 Å². The van der Waals surface area contributed by atoms with E-state index in [2.05, 4.69) is 31.2 Å². The Kier molecular flexibility index (Phi) is 3.93. The average Bonchev–Trinajstić information content (AvgIpc) is 2.34. The minimum atomic E-state index is -0.341. The Labute approximate surface area is 118 Å². The minimum absolute atomic E-state index is 0.183. The number of aromatic nitrogens is 2. The van der Waals surface area contributed by atoms with E-state index in [-0.39, 0.29) is 16.8 Å². The molecule has 0 spiro atoms. The molecule has 0 unspecified atom stereocenters. The predicted molar refractivity (Wildman–Crippen MR) is 73.9 cm³/mol. The molecule has 1 amide bonds. The van der Waals surface area contributed by atoms with Crippen LogP contribution < -0.4 is 5.32 Å². The maximum atomic E-state index is 11.9. The van der Waals surface area contributed by atoms with Crippen LogP contribution in [0.25, 0.3) is 0 Å². The molecule has 0 aliphatic rings. The Morgan fingerprint density at radius 3 is 2.83 bits per heavy atom. The molecule has 2 rings (SSSR count). The molecule has 0 aliphatic carbocycles. The van der Waals surface area contributed by atoms with Gasteiger partial charge in [-0.3, -0.25) is 9.78 Å². The standard InChI is InChI=1S/C12H9BrClN3O/c1-7-4-8(2-3-9(7)13)16-12(18)10-5-15-6-11(14)17-10/h2-6H,1H3,(H,16,18). The van der Waals surface area contributed by atoms with Gasteiger partial charge in [-0.05, 0) is 30.7 Å². The van der Waals surface area contributed by atoms with Gasteiger partial charge in [0.25, 0.3) is 5.91 Å². The second-order valence-corrected chi connectivity index (χ2v) is 4.89. The van der Waals surface area contributed by atoms with Crippen LogP contribution in [0.15, 0.2) is 35.1 Å². The van der Waals surface area contributed by atoms with Crippen molar-refractivity contribution in [3.63, 3.8) is 0 Å². The zero-order valence-corrected chi connectivity index (χ0v) is 11.8. The molecule has 92 valence electrons. The maximum absolute atomic E-state index is 11.9. The number of carbonyl (C=O) groups is 1. The van der Waals surface area contributed by atoms with Crippen molar-refractivity contribution in [2.75, 3.05) is 5.32 Å². The summed E-state index contributed by atoms with van der Waals surface area (Å²) >= 11 is 9.08. The third-order valence-electron chi connectivity index (χ3n) is 2.25. The number of benzene rings is 1. The van der Waals surface area contributed by atoms with Crippen molar-refractivity contribution in [1.29, 1.82) is 0 Å². The molecule has 2 aromatic rings. The molecule has 1 N–H and O–H groups in total. The van der Waals surface area contributed by atoms with Crippen LogP contribution >= 0.6 is 27.5 Å². The first kappa shape index (κ1) is 13.0. The first-order valence-corrected chi connectivity index (χ1v) is 6.28. The molecule has 0 bridgehead atoms. The van der Waals surface area contributed by atoms with Gasteiger partial charge in [0.15, 0.2) is 0 Å². The van der Waals surface area contributed by atoms with Crippen molar-refractivity contribution in [2.45, 2.75) is 6.92 Å². The quantitative estimate of drug-likeness (QED) is 0.919. The lowest BCUT2D eigenvalue weighted by atomic mass is 10.2. The molecular weight excluding hydrogens is 318 g/mol. The van der Waals surface area contributed by atoms with E-state index < -0.39 is 0 Å². The number of aryl methyl sites for hydroxylation is 1. The second-order valence-electron chi connectivity index (χ2n) is 3.65. The van der Waals surface area contributed by atoms with Crippen LogP contribution in [0.1, 0.15) is 16.1 Å². The fraction of sp³-hybridized carbons (Fsp3) is 0.0833. The number of nitrogens with one attached hydrogen (secondary N) is 1. The van der Waals surface area contributed by atoms with Crippen molar-refractivity contribution in [2.24, 2.45) is 0 Å². The van der Waals surface area contributed by atoms with Crippen molar-refractivity contribution in [3.05, 3.63) is 51.5 Å². The van der Waals surface area contributed by atoms with Crippen molar-refractivity contribution < 1.29 is 4.79 Å². The van der Waals surface area contributed by atoms with Gasteiger partial charge in [-0.1, -0.05) is 27.5 Å². The number of anilines is 1.